The van der Waals surface area contributed by atoms with E-state index < -0.39 is 5.97 Å². The van der Waals surface area contributed by atoms with Crippen LogP contribution in [-0.2, 0) is 11.3 Å². The summed E-state index contributed by atoms with van der Waals surface area (Å²) >= 11 is 0. The van der Waals surface area contributed by atoms with Crippen molar-refractivity contribution >= 4 is 5.97 Å². The molecule has 0 atom stereocenters. The first-order valence-electron chi connectivity index (χ1n) is 6.72. The average Bonchev–Trinajstić information content (AvgIpc) is 2.86. The molecule has 106 valence electrons. The minimum absolute atomic E-state index is 0.0536. The second kappa shape index (κ2) is 6.73. The molecule has 0 saturated carbocycles. The van der Waals surface area contributed by atoms with Crippen LogP contribution in [0.2, 0.25) is 0 Å². The molecule has 0 aromatic carbocycles. The molecule has 0 unspecified atom stereocenters. The molecule has 1 fully saturated rings. The van der Waals surface area contributed by atoms with Gasteiger partial charge in [-0.2, -0.15) is 0 Å². The van der Waals surface area contributed by atoms with Gasteiger partial charge in [-0.3, -0.25) is 0 Å². The van der Waals surface area contributed by atoms with Crippen LogP contribution in [0.25, 0.3) is 0 Å². The number of carboxylic acids is 1. The Morgan fingerprint density at radius 2 is 2.21 bits per heavy atom. The van der Waals surface area contributed by atoms with Crippen LogP contribution >= 0.6 is 0 Å². The van der Waals surface area contributed by atoms with Gasteiger partial charge in [-0.05, 0) is 44.8 Å². The molecule has 0 amide bonds. The highest BCUT2D eigenvalue weighted by atomic mass is 16.5. The Morgan fingerprint density at radius 1 is 1.47 bits per heavy atom. The molecule has 1 N–H and O–H groups in total. The molecule has 19 heavy (non-hydrogen) atoms. The summed E-state index contributed by atoms with van der Waals surface area (Å²) in [5, 5.41) is 8.98. The highest BCUT2D eigenvalue weighted by molar-refractivity contribution is 5.86. The number of rotatable bonds is 6. The van der Waals surface area contributed by atoms with E-state index in [-0.39, 0.29) is 5.76 Å². The van der Waals surface area contributed by atoms with Crippen LogP contribution in [0.5, 0.6) is 0 Å². The lowest BCUT2D eigenvalue weighted by molar-refractivity contribution is 0.0605. The summed E-state index contributed by atoms with van der Waals surface area (Å²) < 4.78 is 10.3. The van der Waals surface area contributed by atoms with Crippen molar-refractivity contribution < 1.29 is 19.1 Å². The van der Waals surface area contributed by atoms with Crippen molar-refractivity contribution in [3.8, 4) is 0 Å². The maximum Gasteiger partial charge on any atom is 0.372 e. The normalized spacial score (nSPS) is 16.9. The molecule has 5 heteroatoms. The minimum atomic E-state index is -1.00. The molecule has 0 aliphatic carbocycles. The van der Waals surface area contributed by atoms with Crippen LogP contribution in [-0.4, -0.2) is 42.8 Å². The van der Waals surface area contributed by atoms with Gasteiger partial charge in [-0.15, -0.1) is 0 Å². The van der Waals surface area contributed by atoms with Crippen molar-refractivity contribution in [1.82, 2.24) is 4.90 Å². The SMILES string of the molecule is CN(CCC1CCOCC1)Cc1ccoc1C(=O)O. The Kier molecular flexibility index (Phi) is 4.99. The largest absolute Gasteiger partial charge is 0.475 e. The zero-order chi connectivity index (χ0) is 13.7. The van der Waals surface area contributed by atoms with Gasteiger partial charge in [-0.25, -0.2) is 4.79 Å². The van der Waals surface area contributed by atoms with Gasteiger partial charge in [0.15, 0.2) is 0 Å². The Morgan fingerprint density at radius 3 is 2.89 bits per heavy atom. The number of hydrogen-bond acceptors (Lipinski definition) is 4. The summed E-state index contributed by atoms with van der Waals surface area (Å²) in [4.78, 5) is 13.1. The fourth-order valence-corrected chi connectivity index (χ4v) is 2.46. The zero-order valence-corrected chi connectivity index (χ0v) is 11.3. The third kappa shape index (κ3) is 4.08. The van der Waals surface area contributed by atoms with Gasteiger partial charge in [0.2, 0.25) is 5.76 Å². The molecular weight excluding hydrogens is 246 g/mol. The summed E-state index contributed by atoms with van der Waals surface area (Å²) in [5.74, 6) is -0.213. The number of aromatic carboxylic acids is 1. The van der Waals surface area contributed by atoms with Crippen LogP contribution in [0, 0.1) is 5.92 Å². The van der Waals surface area contributed by atoms with E-state index in [0.29, 0.717) is 6.54 Å². The third-order valence-corrected chi connectivity index (χ3v) is 3.64. The van der Waals surface area contributed by atoms with Gasteiger partial charge in [-0.1, -0.05) is 0 Å². The second-order valence-electron chi connectivity index (χ2n) is 5.16. The van der Waals surface area contributed by atoms with E-state index in [0.717, 1.165) is 50.5 Å². The van der Waals surface area contributed by atoms with Gasteiger partial charge in [0.05, 0.1) is 6.26 Å². The smallest absolute Gasteiger partial charge is 0.372 e. The highest BCUT2D eigenvalue weighted by Gasteiger charge is 2.17. The fraction of sp³-hybridized carbons (Fsp3) is 0.643. The average molecular weight is 267 g/mol. The van der Waals surface area contributed by atoms with E-state index in [2.05, 4.69) is 4.90 Å². The van der Waals surface area contributed by atoms with E-state index in [1.807, 2.05) is 7.05 Å². The lowest BCUT2D eigenvalue weighted by atomic mass is 9.96. The lowest BCUT2D eigenvalue weighted by Gasteiger charge is -2.24. The first kappa shape index (κ1) is 14.1. The molecule has 0 bridgehead atoms. The van der Waals surface area contributed by atoms with Gasteiger partial charge >= 0.3 is 5.97 Å². The van der Waals surface area contributed by atoms with Crippen molar-refractivity contribution in [2.75, 3.05) is 26.8 Å². The van der Waals surface area contributed by atoms with Gasteiger partial charge < -0.3 is 19.2 Å². The zero-order valence-electron chi connectivity index (χ0n) is 11.3. The van der Waals surface area contributed by atoms with Crippen LogP contribution in [0.4, 0.5) is 0 Å². The Labute approximate surface area is 113 Å². The first-order chi connectivity index (χ1) is 9.16. The fourth-order valence-electron chi connectivity index (χ4n) is 2.46. The van der Waals surface area contributed by atoms with E-state index in [1.54, 1.807) is 6.07 Å². The minimum Gasteiger partial charge on any atom is -0.475 e. The van der Waals surface area contributed by atoms with Crippen LogP contribution in [0.15, 0.2) is 16.7 Å². The maximum absolute atomic E-state index is 10.9. The van der Waals surface area contributed by atoms with Gasteiger partial charge in [0.25, 0.3) is 0 Å². The Hall–Kier alpha value is -1.33. The van der Waals surface area contributed by atoms with Crippen molar-refractivity contribution in [2.24, 2.45) is 5.92 Å². The summed E-state index contributed by atoms with van der Waals surface area (Å²) in [6.07, 6.45) is 4.85. The number of ether oxygens (including phenoxy) is 1. The van der Waals surface area contributed by atoms with Gasteiger partial charge in [0, 0.05) is 25.3 Å². The van der Waals surface area contributed by atoms with Gasteiger partial charge in [0.1, 0.15) is 0 Å². The van der Waals surface area contributed by atoms with Crippen molar-refractivity contribution in [1.29, 1.82) is 0 Å². The number of carboxylic acid groups (broad SMARTS) is 1. The number of nitrogens with zero attached hydrogens (tertiary/aromatic N) is 1. The van der Waals surface area contributed by atoms with Crippen LogP contribution in [0.1, 0.15) is 35.4 Å². The summed E-state index contributed by atoms with van der Waals surface area (Å²) in [6.45, 7) is 3.33. The van der Waals surface area contributed by atoms with Crippen molar-refractivity contribution in [3.05, 3.63) is 23.7 Å². The Balaban J connectivity index is 1.78. The van der Waals surface area contributed by atoms with Crippen molar-refractivity contribution in [2.45, 2.75) is 25.8 Å². The summed E-state index contributed by atoms with van der Waals surface area (Å²) in [6, 6.07) is 1.73. The molecule has 1 aliphatic rings. The topological polar surface area (TPSA) is 62.9 Å². The van der Waals surface area contributed by atoms with E-state index in [9.17, 15) is 4.79 Å². The quantitative estimate of drug-likeness (QED) is 0.856. The lowest BCUT2D eigenvalue weighted by Crippen LogP contribution is -2.24. The van der Waals surface area contributed by atoms with Crippen molar-refractivity contribution in [3.63, 3.8) is 0 Å². The van der Waals surface area contributed by atoms with Crippen LogP contribution < -0.4 is 0 Å². The van der Waals surface area contributed by atoms with E-state index >= 15 is 0 Å². The molecule has 0 spiro atoms. The number of furan rings is 1. The number of carbonyl (C=O) groups is 1. The molecule has 0 radical (unpaired) electrons. The summed E-state index contributed by atoms with van der Waals surface area (Å²) in [7, 11) is 2.01. The molecule has 5 nitrogen and oxygen atoms in total. The van der Waals surface area contributed by atoms with Crippen LogP contribution in [0.3, 0.4) is 0 Å². The summed E-state index contributed by atoms with van der Waals surface area (Å²) in [5.41, 5.74) is 0.738. The molecule has 1 aromatic heterocycles. The van der Waals surface area contributed by atoms with E-state index in [4.69, 9.17) is 14.3 Å². The maximum atomic E-state index is 10.9. The highest BCUT2D eigenvalue weighted by Crippen LogP contribution is 2.19. The predicted molar refractivity (Wildman–Crippen MR) is 70.2 cm³/mol. The molecular formula is C14H21NO4. The molecule has 1 aromatic rings. The predicted octanol–water partition coefficient (Wildman–Crippen LogP) is 2.23. The molecule has 1 saturated heterocycles. The number of hydrogen-bond donors (Lipinski definition) is 1. The standard InChI is InChI=1S/C14H21NO4/c1-15(6-2-11-3-7-18-8-4-11)10-12-5-9-19-13(12)14(16)17/h5,9,11H,2-4,6-8,10H2,1H3,(H,16,17). The third-order valence-electron chi connectivity index (χ3n) is 3.64. The molecule has 1 aliphatic heterocycles. The van der Waals surface area contributed by atoms with E-state index in [1.165, 1.54) is 6.26 Å². The Bertz CT molecular complexity index is 409. The molecule has 2 rings (SSSR count). The molecule has 2 heterocycles. The monoisotopic (exact) mass is 267 g/mol. The second-order valence-corrected chi connectivity index (χ2v) is 5.16. The first-order valence-corrected chi connectivity index (χ1v) is 6.72.